The van der Waals surface area contributed by atoms with Gasteiger partial charge in [-0.25, -0.2) is 0 Å². The molecule has 1 heterocycles. The Kier molecular flexibility index (Phi) is 2.74. The molecule has 0 amide bonds. The van der Waals surface area contributed by atoms with Gasteiger partial charge in [0.2, 0.25) is 0 Å². The van der Waals surface area contributed by atoms with Crippen LogP contribution in [-0.2, 0) is 4.79 Å². The van der Waals surface area contributed by atoms with Gasteiger partial charge in [0.15, 0.2) is 0 Å². The van der Waals surface area contributed by atoms with Gasteiger partial charge in [-0.05, 0) is 19.8 Å². The van der Waals surface area contributed by atoms with Crippen LogP contribution in [0.2, 0.25) is 0 Å². The Bertz CT molecular complexity index is 201. The third-order valence-electron chi connectivity index (χ3n) is 2.28. The molecule has 0 aromatic heterocycles. The van der Waals surface area contributed by atoms with Gasteiger partial charge in [-0.3, -0.25) is 4.79 Å². The maximum Gasteiger partial charge on any atom is 0.305 e. The van der Waals surface area contributed by atoms with Crippen LogP contribution in [0.25, 0.3) is 0 Å². The summed E-state index contributed by atoms with van der Waals surface area (Å²) in [7, 11) is 0. The largest absolute Gasteiger partial charge is 0.481 e. The van der Waals surface area contributed by atoms with Crippen molar-refractivity contribution in [3.63, 3.8) is 0 Å². The molecule has 0 bridgehead atoms. The molecule has 1 aliphatic rings. The lowest BCUT2D eigenvalue weighted by molar-refractivity contribution is -0.138. The number of hydrogen-bond acceptors (Lipinski definition) is 2. The van der Waals surface area contributed by atoms with E-state index in [2.05, 4.69) is 11.5 Å². The smallest absolute Gasteiger partial charge is 0.305 e. The second-order valence-electron chi connectivity index (χ2n) is 3.32. The molecule has 0 aliphatic carbocycles. The van der Waals surface area contributed by atoms with Crippen LogP contribution in [0.1, 0.15) is 26.2 Å². The third-order valence-corrected chi connectivity index (χ3v) is 2.28. The highest BCUT2D eigenvalue weighted by atomic mass is 16.4. The molecular weight excluding hydrogens is 154 g/mol. The lowest BCUT2D eigenvalue weighted by Crippen LogP contribution is -2.29. The highest BCUT2D eigenvalue weighted by Gasteiger charge is 2.25. The summed E-state index contributed by atoms with van der Waals surface area (Å²) in [6.45, 7) is 6.72. The first-order chi connectivity index (χ1) is 5.61. The van der Waals surface area contributed by atoms with Gasteiger partial charge in [0.25, 0.3) is 0 Å². The van der Waals surface area contributed by atoms with Crippen LogP contribution in [0, 0.1) is 0 Å². The maximum atomic E-state index is 10.5. The third kappa shape index (κ3) is 2.00. The van der Waals surface area contributed by atoms with Gasteiger partial charge >= 0.3 is 5.97 Å². The minimum Gasteiger partial charge on any atom is -0.481 e. The Morgan fingerprint density at radius 2 is 2.42 bits per heavy atom. The summed E-state index contributed by atoms with van der Waals surface area (Å²) in [6, 6.07) is 0.181. The van der Waals surface area contributed by atoms with Crippen molar-refractivity contribution in [1.29, 1.82) is 0 Å². The van der Waals surface area contributed by atoms with Crippen molar-refractivity contribution in [2.24, 2.45) is 0 Å². The van der Waals surface area contributed by atoms with Crippen molar-refractivity contribution >= 4 is 5.97 Å². The fourth-order valence-corrected chi connectivity index (χ4v) is 1.75. The second-order valence-corrected chi connectivity index (χ2v) is 3.32. The van der Waals surface area contributed by atoms with E-state index in [0.717, 1.165) is 25.1 Å². The number of carboxylic acid groups (broad SMARTS) is 1. The number of hydrogen-bond donors (Lipinski definition) is 1. The van der Waals surface area contributed by atoms with Gasteiger partial charge in [-0.2, -0.15) is 0 Å². The van der Waals surface area contributed by atoms with Crippen LogP contribution in [0.4, 0.5) is 0 Å². The van der Waals surface area contributed by atoms with Gasteiger partial charge in [0, 0.05) is 18.3 Å². The van der Waals surface area contributed by atoms with E-state index in [1.54, 1.807) is 0 Å². The summed E-state index contributed by atoms with van der Waals surface area (Å²) in [5.74, 6) is -0.715. The quantitative estimate of drug-likeness (QED) is 0.695. The van der Waals surface area contributed by atoms with Gasteiger partial charge in [0.1, 0.15) is 0 Å². The molecule has 12 heavy (non-hydrogen) atoms. The van der Waals surface area contributed by atoms with Crippen LogP contribution < -0.4 is 0 Å². The molecule has 0 radical (unpaired) electrons. The van der Waals surface area contributed by atoms with Crippen LogP contribution in [0.5, 0.6) is 0 Å². The van der Waals surface area contributed by atoms with E-state index in [-0.39, 0.29) is 12.5 Å². The molecule has 1 rings (SSSR count). The van der Waals surface area contributed by atoms with Gasteiger partial charge in [-0.1, -0.05) is 6.58 Å². The first-order valence-corrected chi connectivity index (χ1v) is 4.25. The zero-order valence-corrected chi connectivity index (χ0v) is 7.42. The van der Waals surface area contributed by atoms with E-state index in [1.165, 1.54) is 0 Å². The topological polar surface area (TPSA) is 40.5 Å². The van der Waals surface area contributed by atoms with Crippen LogP contribution in [-0.4, -0.2) is 28.6 Å². The molecule has 0 aromatic rings. The number of allylic oxidation sites excluding steroid dienone is 1. The minimum absolute atomic E-state index is 0.181. The van der Waals surface area contributed by atoms with Crippen LogP contribution in [0.15, 0.2) is 12.3 Å². The highest BCUT2D eigenvalue weighted by Crippen LogP contribution is 2.23. The molecule has 1 aliphatic heterocycles. The summed E-state index contributed by atoms with van der Waals surface area (Å²) < 4.78 is 0. The fraction of sp³-hybridized carbons (Fsp3) is 0.667. The molecule has 3 heteroatoms. The lowest BCUT2D eigenvalue weighted by Gasteiger charge is -2.25. The van der Waals surface area contributed by atoms with Crippen molar-refractivity contribution in [1.82, 2.24) is 4.90 Å². The molecule has 0 saturated carbocycles. The van der Waals surface area contributed by atoms with Gasteiger partial charge < -0.3 is 10.0 Å². The fourth-order valence-electron chi connectivity index (χ4n) is 1.75. The normalized spacial score (nSPS) is 22.8. The maximum absolute atomic E-state index is 10.5. The summed E-state index contributed by atoms with van der Waals surface area (Å²) in [5.41, 5.74) is 0.985. The van der Waals surface area contributed by atoms with Crippen molar-refractivity contribution in [3.8, 4) is 0 Å². The Hall–Kier alpha value is -0.990. The number of likely N-dealkylation sites (tertiary alicyclic amines) is 1. The molecule has 0 aromatic carbocycles. The zero-order chi connectivity index (χ0) is 9.14. The second kappa shape index (κ2) is 3.61. The zero-order valence-electron chi connectivity index (χ0n) is 7.42. The number of carbonyl (C=O) groups is 1. The van der Waals surface area contributed by atoms with E-state index in [4.69, 9.17) is 5.11 Å². The van der Waals surface area contributed by atoms with Crippen molar-refractivity contribution in [2.75, 3.05) is 6.54 Å². The summed E-state index contributed by atoms with van der Waals surface area (Å²) in [6.07, 6.45) is 2.32. The number of carboxylic acids is 1. The van der Waals surface area contributed by atoms with E-state index >= 15 is 0 Å². The van der Waals surface area contributed by atoms with E-state index in [0.29, 0.717) is 0 Å². The van der Waals surface area contributed by atoms with E-state index in [1.807, 2.05) is 6.92 Å². The molecule has 3 nitrogen and oxygen atoms in total. The minimum atomic E-state index is -0.715. The molecule has 1 N–H and O–H groups in total. The van der Waals surface area contributed by atoms with E-state index < -0.39 is 5.97 Å². The monoisotopic (exact) mass is 169 g/mol. The van der Waals surface area contributed by atoms with Crippen LogP contribution in [0.3, 0.4) is 0 Å². The first kappa shape index (κ1) is 9.10. The molecule has 1 fully saturated rings. The predicted molar refractivity (Wildman–Crippen MR) is 46.8 cm³/mol. The predicted octanol–water partition coefficient (Wildman–Crippen LogP) is 1.46. The first-order valence-electron chi connectivity index (χ1n) is 4.25. The standard InChI is InChI=1S/C9H15NO2/c1-7(2)10-5-3-4-8(10)6-9(11)12/h8H,1,3-6H2,2H3,(H,11,12)/t8-/m0/s1. The molecule has 68 valence electrons. The Labute approximate surface area is 72.7 Å². The Morgan fingerprint density at radius 3 is 2.92 bits per heavy atom. The number of aliphatic carboxylic acids is 1. The highest BCUT2D eigenvalue weighted by molar-refractivity contribution is 5.67. The van der Waals surface area contributed by atoms with Crippen molar-refractivity contribution in [2.45, 2.75) is 32.2 Å². The van der Waals surface area contributed by atoms with E-state index in [9.17, 15) is 4.79 Å². The van der Waals surface area contributed by atoms with Crippen LogP contribution >= 0.6 is 0 Å². The van der Waals surface area contributed by atoms with Gasteiger partial charge in [-0.15, -0.1) is 0 Å². The molecule has 1 saturated heterocycles. The number of rotatable bonds is 3. The Balaban J connectivity index is 2.52. The van der Waals surface area contributed by atoms with Crippen molar-refractivity contribution in [3.05, 3.63) is 12.3 Å². The summed E-state index contributed by atoms with van der Waals surface area (Å²) in [5, 5.41) is 8.62. The molecule has 1 atom stereocenters. The van der Waals surface area contributed by atoms with Gasteiger partial charge in [0.05, 0.1) is 6.42 Å². The SMILES string of the molecule is C=C(C)N1CCC[C@H]1CC(=O)O. The average Bonchev–Trinajstić information content (AvgIpc) is 2.33. The van der Waals surface area contributed by atoms with Crippen molar-refractivity contribution < 1.29 is 9.90 Å². The average molecular weight is 169 g/mol. The molecule has 0 spiro atoms. The summed E-state index contributed by atoms with van der Waals surface area (Å²) in [4.78, 5) is 12.6. The number of nitrogens with zero attached hydrogens (tertiary/aromatic N) is 1. The molecular formula is C9H15NO2. The summed E-state index contributed by atoms with van der Waals surface area (Å²) >= 11 is 0. The lowest BCUT2D eigenvalue weighted by atomic mass is 10.1. The Morgan fingerprint density at radius 1 is 1.75 bits per heavy atom. The molecule has 0 unspecified atom stereocenters.